The van der Waals surface area contributed by atoms with Gasteiger partial charge in [0.15, 0.2) is 0 Å². The molecule has 134 valence electrons. The van der Waals surface area contributed by atoms with E-state index in [4.69, 9.17) is 4.74 Å². The van der Waals surface area contributed by atoms with Crippen molar-refractivity contribution in [1.29, 1.82) is 0 Å². The Labute approximate surface area is 153 Å². The summed E-state index contributed by atoms with van der Waals surface area (Å²) in [6.07, 6.45) is 3.90. The van der Waals surface area contributed by atoms with E-state index in [2.05, 4.69) is 37.0 Å². The summed E-state index contributed by atoms with van der Waals surface area (Å²) < 4.78 is 5.32. The van der Waals surface area contributed by atoms with Gasteiger partial charge in [-0.25, -0.2) is 9.78 Å². The number of nitrogens with zero attached hydrogens (tertiary/aromatic N) is 3. The Balaban J connectivity index is 1.64. The van der Waals surface area contributed by atoms with Crippen LogP contribution in [0, 0.1) is 17.8 Å². The number of aromatic amines is 2. The average Bonchev–Trinajstić information content (AvgIpc) is 3.46. The molecule has 0 bridgehead atoms. The van der Waals surface area contributed by atoms with Gasteiger partial charge in [-0.15, -0.1) is 10.2 Å². The molecule has 0 amide bonds. The highest BCUT2D eigenvalue weighted by Gasteiger charge is 2.40. The van der Waals surface area contributed by atoms with Gasteiger partial charge in [-0.2, -0.15) is 0 Å². The summed E-state index contributed by atoms with van der Waals surface area (Å²) in [5.41, 5.74) is 1.08. The van der Waals surface area contributed by atoms with Crippen LogP contribution in [0.3, 0.4) is 0 Å². The fourth-order valence-electron chi connectivity index (χ4n) is 2.85. The van der Waals surface area contributed by atoms with Gasteiger partial charge in [0.05, 0.1) is 12.7 Å². The lowest BCUT2D eigenvalue weighted by Gasteiger charge is -2.07. The molecule has 2 atom stereocenters. The molecule has 8 heteroatoms. The van der Waals surface area contributed by atoms with Crippen molar-refractivity contribution in [2.45, 2.75) is 12.3 Å². The summed E-state index contributed by atoms with van der Waals surface area (Å²) in [5.74, 6) is 7.01. The van der Waals surface area contributed by atoms with Crippen LogP contribution < -0.4 is 16.0 Å². The molecule has 1 aliphatic carbocycles. The van der Waals surface area contributed by atoms with Crippen molar-refractivity contribution >= 4 is 0 Å². The van der Waals surface area contributed by atoms with Crippen LogP contribution in [0.25, 0.3) is 11.3 Å². The van der Waals surface area contributed by atoms with Gasteiger partial charge in [0, 0.05) is 29.8 Å². The number of hydrogen-bond acceptors (Lipinski definition) is 6. The van der Waals surface area contributed by atoms with E-state index in [0.29, 0.717) is 11.6 Å². The van der Waals surface area contributed by atoms with Gasteiger partial charge in [0.2, 0.25) is 5.88 Å². The van der Waals surface area contributed by atoms with Crippen molar-refractivity contribution in [1.82, 2.24) is 25.1 Å². The topological polar surface area (TPSA) is 114 Å². The van der Waals surface area contributed by atoms with E-state index in [1.807, 2.05) is 18.2 Å². The van der Waals surface area contributed by atoms with Crippen LogP contribution in [0.2, 0.25) is 0 Å². The predicted octanol–water partition coefficient (Wildman–Crippen LogP) is 1.08. The van der Waals surface area contributed by atoms with Gasteiger partial charge in [-0.1, -0.05) is 12.0 Å². The molecule has 8 nitrogen and oxygen atoms in total. The molecule has 3 heterocycles. The highest BCUT2D eigenvalue weighted by Crippen LogP contribution is 2.49. The maximum absolute atomic E-state index is 12.0. The smallest absolute Gasteiger partial charge is 0.325 e. The summed E-state index contributed by atoms with van der Waals surface area (Å²) >= 11 is 0. The second-order valence-electron chi connectivity index (χ2n) is 6.11. The molecule has 0 unspecified atom stereocenters. The normalized spacial score (nSPS) is 17.7. The van der Waals surface area contributed by atoms with Gasteiger partial charge >= 0.3 is 5.69 Å². The van der Waals surface area contributed by atoms with Crippen molar-refractivity contribution in [3.8, 4) is 29.0 Å². The minimum Gasteiger partial charge on any atom is -0.480 e. The van der Waals surface area contributed by atoms with E-state index in [1.54, 1.807) is 12.3 Å². The van der Waals surface area contributed by atoms with E-state index in [-0.39, 0.29) is 17.4 Å². The SMILES string of the molecule is COc1nnc(-c2c[nH]c(=O)[nH]c2=O)cc1[C@H]1C[C@@H]1C#Cc1ccccn1. The summed E-state index contributed by atoms with van der Waals surface area (Å²) in [5, 5.41) is 8.11. The zero-order valence-corrected chi connectivity index (χ0v) is 14.4. The molecule has 27 heavy (non-hydrogen) atoms. The lowest BCUT2D eigenvalue weighted by atomic mass is 10.1. The summed E-state index contributed by atoms with van der Waals surface area (Å²) in [6.45, 7) is 0. The van der Waals surface area contributed by atoms with E-state index in [9.17, 15) is 9.59 Å². The van der Waals surface area contributed by atoms with Crippen molar-refractivity contribution < 1.29 is 4.74 Å². The lowest BCUT2D eigenvalue weighted by molar-refractivity contribution is 0.386. The van der Waals surface area contributed by atoms with Crippen molar-refractivity contribution in [2.75, 3.05) is 7.11 Å². The number of methoxy groups -OCH3 is 1. The van der Waals surface area contributed by atoms with Crippen molar-refractivity contribution in [3.05, 3.63) is 68.8 Å². The Hall–Kier alpha value is -3.73. The summed E-state index contributed by atoms with van der Waals surface area (Å²) in [6, 6.07) is 7.37. The summed E-state index contributed by atoms with van der Waals surface area (Å²) in [7, 11) is 1.52. The number of aromatic nitrogens is 5. The highest BCUT2D eigenvalue weighted by atomic mass is 16.5. The van der Waals surface area contributed by atoms with Crippen LogP contribution in [-0.4, -0.2) is 32.3 Å². The third-order valence-electron chi connectivity index (χ3n) is 4.32. The van der Waals surface area contributed by atoms with E-state index >= 15 is 0 Å². The van der Waals surface area contributed by atoms with Crippen LogP contribution in [-0.2, 0) is 0 Å². The summed E-state index contributed by atoms with van der Waals surface area (Å²) in [4.78, 5) is 32.0. The molecule has 0 aromatic carbocycles. The zero-order valence-electron chi connectivity index (χ0n) is 14.4. The van der Waals surface area contributed by atoms with Gasteiger partial charge < -0.3 is 9.72 Å². The van der Waals surface area contributed by atoms with Gasteiger partial charge in [-0.05, 0) is 30.5 Å². The molecule has 0 radical (unpaired) electrons. The fraction of sp³-hybridized carbons (Fsp3) is 0.211. The number of hydrogen-bond donors (Lipinski definition) is 2. The van der Waals surface area contributed by atoms with Crippen LogP contribution in [0.5, 0.6) is 5.88 Å². The first-order valence-electron chi connectivity index (χ1n) is 8.32. The van der Waals surface area contributed by atoms with E-state index < -0.39 is 11.2 Å². The molecule has 3 aromatic rings. The molecule has 4 rings (SSSR count). The van der Waals surface area contributed by atoms with Crippen LogP contribution >= 0.6 is 0 Å². The minimum absolute atomic E-state index is 0.146. The van der Waals surface area contributed by atoms with Gasteiger partial charge in [0.25, 0.3) is 5.56 Å². The molecule has 0 spiro atoms. The first-order chi connectivity index (χ1) is 13.2. The first-order valence-corrected chi connectivity index (χ1v) is 8.32. The Morgan fingerprint density at radius 1 is 1.26 bits per heavy atom. The third-order valence-corrected chi connectivity index (χ3v) is 4.32. The molecule has 1 aliphatic rings. The molecule has 0 aliphatic heterocycles. The molecule has 1 fully saturated rings. The molecular formula is C19H15N5O3. The van der Waals surface area contributed by atoms with Crippen LogP contribution in [0.15, 0.2) is 46.2 Å². The molecule has 3 aromatic heterocycles. The standard InChI is InChI=1S/C19H15N5O3/c1-27-18-14(13-8-11(13)5-6-12-4-2-3-7-20-12)9-16(23-24-18)15-10-21-19(26)22-17(15)25/h2-4,7,9-11,13H,8H2,1H3,(H2,21,22,25,26)/t11-,13-/m0/s1. The molecule has 2 N–H and O–H groups in total. The average molecular weight is 361 g/mol. The Kier molecular flexibility index (Phi) is 4.26. The largest absolute Gasteiger partial charge is 0.480 e. The van der Waals surface area contributed by atoms with Crippen LogP contribution in [0.1, 0.15) is 23.6 Å². The van der Waals surface area contributed by atoms with Crippen molar-refractivity contribution in [2.24, 2.45) is 5.92 Å². The molecule has 1 saturated carbocycles. The predicted molar refractivity (Wildman–Crippen MR) is 97.2 cm³/mol. The number of nitrogens with one attached hydrogen (secondary N) is 2. The monoisotopic (exact) mass is 361 g/mol. The van der Waals surface area contributed by atoms with Crippen LogP contribution in [0.4, 0.5) is 0 Å². The zero-order chi connectivity index (χ0) is 18.8. The fourth-order valence-corrected chi connectivity index (χ4v) is 2.85. The maximum atomic E-state index is 12.0. The Morgan fingerprint density at radius 3 is 2.89 bits per heavy atom. The number of ether oxygens (including phenoxy) is 1. The van der Waals surface area contributed by atoms with Gasteiger partial charge in [0.1, 0.15) is 11.4 Å². The van der Waals surface area contributed by atoms with Crippen molar-refractivity contribution in [3.63, 3.8) is 0 Å². The first kappa shape index (κ1) is 16.7. The number of H-pyrrole nitrogens is 2. The molecule has 0 saturated heterocycles. The highest BCUT2D eigenvalue weighted by molar-refractivity contribution is 5.58. The quantitative estimate of drug-likeness (QED) is 0.675. The maximum Gasteiger partial charge on any atom is 0.325 e. The molecular weight excluding hydrogens is 346 g/mol. The minimum atomic E-state index is -0.572. The number of rotatable bonds is 3. The second kappa shape index (κ2) is 6.88. The third kappa shape index (κ3) is 3.48. The van der Waals surface area contributed by atoms with E-state index in [0.717, 1.165) is 17.7 Å². The second-order valence-corrected chi connectivity index (χ2v) is 6.11. The Bertz CT molecular complexity index is 1160. The Morgan fingerprint density at radius 2 is 2.15 bits per heavy atom. The number of pyridine rings is 1. The van der Waals surface area contributed by atoms with Gasteiger partial charge in [-0.3, -0.25) is 9.78 Å². The van der Waals surface area contributed by atoms with E-state index in [1.165, 1.54) is 13.3 Å². The lowest BCUT2D eigenvalue weighted by Crippen LogP contribution is -2.23.